The normalized spacial score (nSPS) is 9.12. The summed E-state index contributed by atoms with van der Waals surface area (Å²) in [5.41, 5.74) is 8.57. The molecule has 0 saturated heterocycles. The van der Waals surface area contributed by atoms with E-state index in [2.05, 4.69) is 4.79 Å². The topological polar surface area (TPSA) is 81.2 Å². The molecule has 6 nitrogen and oxygen atoms in total. The van der Waals surface area contributed by atoms with Crippen LogP contribution in [0.3, 0.4) is 0 Å². The molecule has 0 amide bonds. The highest BCUT2D eigenvalue weighted by Gasteiger charge is 2.21. The molecule has 6 heteroatoms. The van der Waals surface area contributed by atoms with E-state index >= 15 is 0 Å². The summed E-state index contributed by atoms with van der Waals surface area (Å²) in [6, 6.07) is 3.07. The number of benzene rings is 1. The maximum Gasteiger partial charge on any atom is 0.328 e. The van der Waals surface area contributed by atoms with E-state index in [1.165, 1.54) is 27.4 Å². The van der Waals surface area contributed by atoms with Gasteiger partial charge in [0.15, 0.2) is 11.5 Å². The maximum atomic E-state index is 11.6. The summed E-state index contributed by atoms with van der Waals surface area (Å²) >= 11 is 0. The van der Waals surface area contributed by atoms with E-state index < -0.39 is 5.78 Å². The van der Waals surface area contributed by atoms with Crippen LogP contribution in [0.25, 0.3) is 5.53 Å². The van der Waals surface area contributed by atoms with Crippen molar-refractivity contribution in [1.29, 1.82) is 0 Å². The Bertz CT molecular complexity index is 479. The predicted molar refractivity (Wildman–Crippen MR) is 60.1 cm³/mol. The number of rotatable bonds is 5. The Kier molecular flexibility index (Phi) is 4.25. The van der Waals surface area contributed by atoms with Crippen molar-refractivity contribution < 1.29 is 23.8 Å². The molecule has 0 radical (unpaired) electrons. The van der Waals surface area contributed by atoms with Gasteiger partial charge in [0.2, 0.25) is 5.75 Å². The summed E-state index contributed by atoms with van der Waals surface area (Å²) in [4.78, 5) is 14.3. The zero-order chi connectivity index (χ0) is 12.8. The van der Waals surface area contributed by atoms with Crippen LogP contribution in [0.5, 0.6) is 17.2 Å². The summed E-state index contributed by atoms with van der Waals surface area (Å²) in [6.07, 6.45) is 0.782. The van der Waals surface area contributed by atoms with Gasteiger partial charge in [0.05, 0.1) is 26.9 Å². The molecular formula is C11H12N2O4. The Hall–Kier alpha value is -2.33. The van der Waals surface area contributed by atoms with Crippen molar-refractivity contribution in [2.45, 2.75) is 0 Å². The first-order valence-corrected chi connectivity index (χ1v) is 4.70. The Morgan fingerprint density at radius 2 is 1.82 bits per heavy atom. The lowest BCUT2D eigenvalue weighted by molar-refractivity contribution is 0.00231. The third kappa shape index (κ3) is 2.43. The van der Waals surface area contributed by atoms with Crippen LogP contribution >= 0.6 is 0 Å². The van der Waals surface area contributed by atoms with Crippen molar-refractivity contribution in [3.05, 3.63) is 23.2 Å². The number of hydrogen-bond acceptors (Lipinski definition) is 4. The number of ether oxygens (including phenoxy) is 3. The molecule has 1 rings (SSSR count). The van der Waals surface area contributed by atoms with Crippen LogP contribution in [0.15, 0.2) is 12.1 Å². The number of ketones is 1. The molecule has 1 aromatic carbocycles. The monoisotopic (exact) mass is 236 g/mol. The van der Waals surface area contributed by atoms with Gasteiger partial charge in [0, 0.05) is 0 Å². The van der Waals surface area contributed by atoms with Gasteiger partial charge in [-0.25, -0.2) is 0 Å². The molecule has 0 spiro atoms. The molecule has 17 heavy (non-hydrogen) atoms. The van der Waals surface area contributed by atoms with Gasteiger partial charge in [0.25, 0.3) is 5.78 Å². The van der Waals surface area contributed by atoms with Crippen molar-refractivity contribution in [2.24, 2.45) is 0 Å². The van der Waals surface area contributed by atoms with Gasteiger partial charge in [-0.15, -0.1) is 0 Å². The second-order valence-electron chi connectivity index (χ2n) is 2.99. The van der Waals surface area contributed by atoms with Gasteiger partial charge in [-0.2, -0.15) is 4.79 Å². The summed E-state index contributed by atoms with van der Waals surface area (Å²) in [5.74, 6) is 0.496. The van der Waals surface area contributed by atoms with Crippen molar-refractivity contribution in [1.82, 2.24) is 0 Å². The molecule has 0 atom stereocenters. The number of carbonyl (C=O) groups excluding carboxylic acids is 1. The van der Waals surface area contributed by atoms with Crippen molar-refractivity contribution in [3.63, 3.8) is 0 Å². The first kappa shape index (κ1) is 12.7. The second kappa shape index (κ2) is 5.67. The number of nitrogens with zero attached hydrogens (tertiary/aromatic N) is 2. The minimum atomic E-state index is -0.495. The average Bonchev–Trinajstić information content (AvgIpc) is 2.36. The molecule has 0 aliphatic rings. The van der Waals surface area contributed by atoms with E-state index in [-0.39, 0.29) is 11.3 Å². The van der Waals surface area contributed by atoms with Crippen LogP contribution in [0, 0.1) is 0 Å². The number of Topliss-reactive ketones (excluding diaryl/α,β-unsaturated/α-hetero) is 1. The Balaban J connectivity index is 3.42. The fraction of sp³-hybridized carbons (Fsp3) is 0.273. The van der Waals surface area contributed by atoms with Gasteiger partial charge >= 0.3 is 6.21 Å². The minimum absolute atomic E-state index is 0.225. The van der Waals surface area contributed by atoms with Crippen molar-refractivity contribution >= 4 is 12.0 Å². The van der Waals surface area contributed by atoms with Crippen LogP contribution in [0.2, 0.25) is 0 Å². The summed E-state index contributed by atoms with van der Waals surface area (Å²) in [6.45, 7) is 0. The quantitative estimate of drug-likeness (QED) is 0.333. The van der Waals surface area contributed by atoms with E-state index in [9.17, 15) is 4.79 Å². The molecule has 0 aliphatic carbocycles. The number of carbonyl (C=O) groups is 1. The van der Waals surface area contributed by atoms with Gasteiger partial charge in [-0.1, -0.05) is 0 Å². The van der Waals surface area contributed by atoms with Gasteiger partial charge < -0.3 is 19.7 Å². The molecule has 0 bridgehead atoms. The highest BCUT2D eigenvalue weighted by Crippen LogP contribution is 2.39. The molecule has 90 valence electrons. The number of hydrogen-bond donors (Lipinski definition) is 0. The van der Waals surface area contributed by atoms with Crippen LogP contribution in [-0.4, -0.2) is 38.1 Å². The minimum Gasteiger partial charge on any atom is -0.493 e. The molecule has 0 aromatic heterocycles. The molecule has 0 saturated carbocycles. The first-order chi connectivity index (χ1) is 8.19. The highest BCUT2D eigenvalue weighted by molar-refractivity contribution is 6.34. The molecule has 0 aliphatic heterocycles. The molecular weight excluding hydrogens is 224 g/mol. The summed E-state index contributed by atoms with van der Waals surface area (Å²) in [7, 11) is 4.33. The maximum absolute atomic E-state index is 11.6. The largest absolute Gasteiger partial charge is 0.493 e. The van der Waals surface area contributed by atoms with Crippen LogP contribution in [0.4, 0.5) is 0 Å². The van der Waals surface area contributed by atoms with Gasteiger partial charge in [0.1, 0.15) is 0 Å². The zero-order valence-electron chi connectivity index (χ0n) is 9.76. The predicted octanol–water partition coefficient (Wildman–Crippen LogP) is 1.20. The smallest absolute Gasteiger partial charge is 0.328 e. The highest BCUT2D eigenvalue weighted by atomic mass is 16.5. The summed E-state index contributed by atoms with van der Waals surface area (Å²) in [5, 5.41) is 0. The van der Waals surface area contributed by atoms with Crippen molar-refractivity contribution in [3.8, 4) is 17.2 Å². The Morgan fingerprint density at radius 3 is 2.29 bits per heavy atom. The first-order valence-electron chi connectivity index (χ1n) is 4.70. The lowest BCUT2D eigenvalue weighted by atomic mass is 10.1. The molecule has 1 aromatic rings. The lowest BCUT2D eigenvalue weighted by Gasteiger charge is -2.13. The second-order valence-corrected chi connectivity index (χ2v) is 2.99. The Morgan fingerprint density at radius 1 is 1.18 bits per heavy atom. The van der Waals surface area contributed by atoms with Gasteiger partial charge in [-0.3, -0.25) is 4.79 Å². The van der Waals surface area contributed by atoms with Crippen molar-refractivity contribution in [2.75, 3.05) is 21.3 Å². The fourth-order valence-corrected chi connectivity index (χ4v) is 1.42. The lowest BCUT2D eigenvalue weighted by Crippen LogP contribution is -2.06. The molecule has 0 N–H and O–H groups in total. The van der Waals surface area contributed by atoms with E-state index in [0.29, 0.717) is 11.5 Å². The van der Waals surface area contributed by atoms with E-state index in [4.69, 9.17) is 19.7 Å². The molecule has 0 fully saturated rings. The van der Waals surface area contributed by atoms with Gasteiger partial charge in [-0.05, 0) is 12.1 Å². The van der Waals surface area contributed by atoms with Crippen LogP contribution in [0.1, 0.15) is 10.4 Å². The SMILES string of the molecule is COc1ccc(C(=O)C=[N+]=[N-])c(OC)c1OC. The Labute approximate surface area is 98.3 Å². The summed E-state index contributed by atoms with van der Waals surface area (Å²) < 4.78 is 15.3. The standard InChI is InChI=1S/C11H12N2O4/c1-15-9-5-4-7(8(14)6-13-12)10(16-2)11(9)17-3/h4-6H,1-3H3. The zero-order valence-corrected chi connectivity index (χ0v) is 9.76. The third-order valence-electron chi connectivity index (χ3n) is 2.14. The molecule has 0 heterocycles. The molecule has 0 unspecified atom stereocenters. The third-order valence-corrected chi connectivity index (χ3v) is 2.14. The number of methoxy groups -OCH3 is 3. The average molecular weight is 236 g/mol. The van der Waals surface area contributed by atoms with E-state index in [1.54, 1.807) is 6.07 Å². The van der Waals surface area contributed by atoms with Crippen LogP contribution in [-0.2, 0) is 0 Å². The fourth-order valence-electron chi connectivity index (χ4n) is 1.42. The van der Waals surface area contributed by atoms with E-state index in [1.807, 2.05) is 0 Å². The van der Waals surface area contributed by atoms with Crippen LogP contribution < -0.4 is 14.2 Å². The van der Waals surface area contributed by atoms with E-state index in [0.717, 1.165) is 6.21 Å².